The zero-order valence-corrected chi connectivity index (χ0v) is 13.4. The third-order valence-electron chi connectivity index (χ3n) is 3.50. The van der Waals surface area contributed by atoms with Crippen molar-refractivity contribution in [3.8, 4) is 0 Å². The molecule has 1 atom stereocenters. The van der Waals surface area contributed by atoms with Crippen LogP contribution in [0.3, 0.4) is 0 Å². The first-order valence-corrected chi connectivity index (χ1v) is 7.31. The van der Waals surface area contributed by atoms with E-state index in [-0.39, 0.29) is 0 Å². The fraction of sp³-hybridized carbons (Fsp3) is 1.00. The van der Waals surface area contributed by atoms with Crippen LogP contribution in [0.4, 0.5) is 0 Å². The SMILES string of the molecule is CCC(C)(CNCC(C)C)CN(C)CCCOC. The molecule has 0 fully saturated rings. The Morgan fingerprint density at radius 3 is 2.50 bits per heavy atom. The minimum Gasteiger partial charge on any atom is -0.385 e. The first-order valence-electron chi connectivity index (χ1n) is 7.31. The van der Waals surface area contributed by atoms with E-state index >= 15 is 0 Å². The van der Waals surface area contributed by atoms with Crippen LogP contribution in [0.2, 0.25) is 0 Å². The maximum atomic E-state index is 5.10. The van der Waals surface area contributed by atoms with Crippen molar-refractivity contribution in [3.63, 3.8) is 0 Å². The van der Waals surface area contributed by atoms with Gasteiger partial charge in [0.1, 0.15) is 0 Å². The topological polar surface area (TPSA) is 24.5 Å². The van der Waals surface area contributed by atoms with E-state index in [1.807, 2.05) is 0 Å². The van der Waals surface area contributed by atoms with E-state index in [2.05, 4.69) is 45.0 Å². The summed E-state index contributed by atoms with van der Waals surface area (Å²) in [4.78, 5) is 2.43. The highest BCUT2D eigenvalue weighted by Crippen LogP contribution is 2.21. The van der Waals surface area contributed by atoms with Gasteiger partial charge in [0.15, 0.2) is 0 Å². The van der Waals surface area contributed by atoms with Gasteiger partial charge in [-0.15, -0.1) is 0 Å². The summed E-state index contributed by atoms with van der Waals surface area (Å²) >= 11 is 0. The molecule has 0 aromatic heterocycles. The fourth-order valence-corrected chi connectivity index (χ4v) is 2.16. The summed E-state index contributed by atoms with van der Waals surface area (Å²) in [5.41, 5.74) is 0.372. The molecule has 18 heavy (non-hydrogen) atoms. The second-order valence-electron chi connectivity index (χ2n) is 6.27. The molecule has 3 heteroatoms. The average Bonchev–Trinajstić information content (AvgIpc) is 2.28. The third kappa shape index (κ3) is 8.90. The maximum Gasteiger partial charge on any atom is 0.0474 e. The quantitative estimate of drug-likeness (QED) is 0.577. The number of ether oxygens (including phenoxy) is 1. The van der Waals surface area contributed by atoms with Gasteiger partial charge in [-0.25, -0.2) is 0 Å². The Hall–Kier alpha value is -0.120. The molecule has 0 rings (SSSR count). The molecule has 0 aliphatic carbocycles. The predicted molar refractivity (Wildman–Crippen MR) is 80.1 cm³/mol. The van der Waals surface area contributed by atoms with Crippen LogP contribution in [0, 0.1) is 11.3 Å². The van der Waals surface area contributed by atoms with E-state index in [0.29, 0.717) is 5.41 Å². The lowest BCUT2D eigenvalue weighted by molar-refractivity contribution is 0.149. The van der Waals surface area contributed by atoms with Crippen LogP contribution in [0.25, 0.3) is 0 Å². The van der Waals surface area contributed by atoms with Crippen molar-refractivity contribution >= 4 is 0 Å². The van der Waals surface area contributed by atoms with E-state index in [0.717, 1.165) is 45.1 Å². The van der Waals surface area contributed by atoms with Crippen LogP contribution < -0.4 is 5.32 Å². The zero-order chi connectivity index (χ0) is 14.0. The first-order chi connectivity index (χ1) is 8.43. The molecule has 1 N–H and O–H groups in total. The summed E-state index contributed by atoms with van der Waals surface area (Å²) in [5.74, 6) is 0.727. The summed E-state index contributed by atoms with van der Waals surface area (Å²) in [7, 11) is 3.98. The molecule has 0 saturated heterocycles. The molecular formula is C15H34N2O. The standard InChI is InChI=1S/C15H34N2O/c1-7-15(4,12-16-11-14(2)3)13-17(5)9-8-10-18-6/h14,16H,7-13H2,1-6H3. The smallest absolute Gasteiger partial charge is 0.0474 e. The molecule has 0 aromatic rings. The van der Waals surface area contributed by atoms with Gasteiger partial charge < -0.3 is 15.0 Å². The van der Waals surface area contributed by atoms with Crippen LogP contribution in [0.1, 0.15) is 40.5 Å². The minimum atomic E-state index is 0.372. The van der Waals surface area contributed by atoms with Gasteiger partial charge in [0, 0.05) is 33.4 Å². The molecule has 0 amide bonds. The lowest BCUT2D eigenvalue weighted by Crippen LogP contribution is -2.41. The third-order valence-corrected chi connectivity index (χ3v) is 3.50. The van der Waals surface area contributed by atoms with E-state index in [1.54, 1.807) is 7.11 Å². The fourth-order valence-electron chi connectivity index (χ4n) is 2.16. The highest BCUT2D eigenvalue weighted by molar-refractivity contribution is 4.79. The lowest BCUT2D eigenvalue weighted by atomic mass is 9.86. The van der Waals surface area contributed by atoms with Crippen molar-refractivity contribution in [1.82, 2.24) is 10.2 Å². The molecule has 0 spiro atoms. The van der Waals surface area contributed by atoms with Crippen molar-refractivity contribution in [1.29, 1.82) is 0 Å². The molecule has 0 aliphatic heterocycles. The van der Waals surface area contributed by atoms with E-state index < -0.39 is 0 Å². The van der Waals surface area contributed by atoms with Crippen LogP contribution in [-0.2, 0) is 4.74 Å². The Labute approximate surface area is 114 Å². The number of hydrogen-bond donors (Lipinski definition) is 1. The number of nitrogens with zero attached hydrogens (tertiary/aromatic N) is 1. The summed E-state index contributed by atoms with van der Waals surface area (Å²) in [5, 5.41) is 3.60. The Morgan fingerprint density at radius 1 is 1.33 bits per heavy atom. The van der Waals surface area contributed by atoms with Gasteiger partial charge in [-0.3, -0.25) is 0 Å². The van der Waals surface area contributed by atoms with Crippen LogP contribution in [0.15, 0.2) is 0 Å². The molecule has 3 nitrogen and oxygen atoms in total. The van der Waals surface area contributed by atoms with Crippen molar-refractivity contribution in [2.24, 2.45) is 11.3 Å². The molecule has 110 valence electrons. The Balaban J connectivity index is 3.96. The highest BCUT2D eigenvalue weighted by atomic mass is 16.5. The van der Waals surface area contributed by atoms with Crippen molar-refractivity contribution in [2.45, 2.75) is 40.5 Å². The van der Waals surface area contributed by atoms with Crippen LogP contribution >= 0.6 is 0 Å². The van der Waals surface area contributed by atoms with E-state index in [1.165, 1.54) is 6.42 Å². The van der Waals surface area contributed by atoms with Crippen molar-refractivity contribution in [2.75, 3.05) is 46.9 Å². The van der Waals surface area contributed by atoms with Gasteiger partial charge in [0.2, 0.25) is 0 Å². The van der Waals surface area contributed by atoms with E-state index in [9.17, 15) is 0 Å². The van der Waals surface area contributed by atoms with Gasteiger partial charge in [0.25, 0.3) is 0 Å². The summed E-state index contributed by atoms with van der Waals surface area (Å²) in [6, 6.07) is 0. The first kappa shape index (κ1) is 17.9. The Morgan fingerprint density at radius 2 is 2.00 bits per heavy atom. The van der Waals surface area contributed by atoms with Gasteiger partial charge in [-0.1, -0.05) is 27.7 Å². The van der Waals surface area contributed by atoms with Gasteiger partial charge >= 0.3 is 0 Å². The molecule has 0 bridgehead atoms. The number of rotatable bonds is 11. The maximum absolute atomic E-state index is 5.10. The molecule has 0 saturated carbocycles. The molecule has 0 radical (unpaired) electrons. The lowest BCUT2D eigenvalue weighted by Gasteiger charge is -2.33. The van der Waals surface area contributed by atoms with Crippen molar-refractivity contribution < 1.29 is 4.74 Å². The Kier molecular flexibility index (Phi) is 9.70. The highest BCUT2D eigenvalue weighted by Gasteiger charge is 2.23. The molecule has 0 aliphatic rings. The zero-order valence-electron chi connectivity index (χ0n) is 13.4. The molecule has 1 unspecified atom stereocenters. The van der Waals surface area contributed by atoms with Crippen molar-refractivity contribution in [3.05, 3.63) is 0 Å². The molecule has 0 aromatic carbocycles. The average molecular weight is 258 g/mol. The molecule has 0 heterocycles. The number of nitrogens with one attached hydrogen (secondary N) is 1. The number of hydrogen-bond acceptors (Lipinski definition) is 3. The van der Waals surface area contributed by atoms with Gasteiger partial charge in [0.05, 0.1) is 0 Å². The van der Waals surface area contributed by atoms with Gasteiger partial charge in [-0.2, -0.15) is 0 Å². The largest absolute Gasteiger partial charge is 0.385 e. The predicted octanol–water partition coefficient (Wildman–Crippen LogP) is 2.62. The summed E-state index contributed by atoms with van der Waals surface area (Å²) in [6.45, 7) is 14.5. The second-order valence-corrected chi connectivity index (χ2v) is 6.27. The van der Waals surface area contributed by atoms with E-state index in [4.69, 9.17) is 4.74 Å². The summed E-state index contributed by atoms with van der Waals surface area (Å²) < 4.78 is 5.10. The van der Waals surface area contributed by atoms with Crippen LogP contribution in [-0.4, -0.2) is 51.8 Å². The van der Waals surface area contributed by atoms with Crippen LogP contribution in [0.5, 0.6) is 0 Å². The monoisotopic (exact) mass is 258 g/mol. The normalized spacial score (nSPS) is 15.3. The number of methoxy groups -OCH3 is 1. The summed E-state index contributed by atoms with van der Waals surface area (Å²) in [6.07, 6.45) is 2.33. The molecular weight excluding hydrogens is 224 g/mol. The Bertz CT molecular complexity index is 197. The van der Waals surface area contributed by atoms with Gasteiger partial charge in [-0.05, 0) is 37.8 Å². The minimum absolute atomic E-state index is 0.372. The second kappa shape index (κ2) is 9.76.